The van der Waals surface area contributed by atoms with Gasteiger partial charge in [0, 0.05) is 24.6 Å². The molecule has 1 rings (SSSR count). The molecule has 0 bridgehead atoms. The second-order valence-electron chi connectivity index (χ2n) is 4.13. The van der Waals surface area contributed by atoms with E-state index in [1.165, 1.54) is 12.1 Å². The van der Waals surface area contributed by atoms with Gasteiger partial charge in [-0.15, -0.1) is 0 Å². The molecule has 6 nitrogen and oxygen atoms in total. The van der Waals surface area contributed by atoms with Crippen molar-refractivity contribution in [2.45, 2.75) is 18.2 Å². The van der Waals surface area contributed by atoms with Gasteiger partial charge >= 0.3 is 5.97 Å². The molecule has 0 atom stereocenters. The molecule has 0 unspecified atom stereocenters. The summed E-state index contributed by atoms with van der Waals surface area (Å²) in [6.45, 7) is 2.35. The summed E-state index contributed by atoms with van der Waals surface area (Å²) in [6, 6.07) is 2.74. The smallest absolute Gasteiger partial charge is 0.338 e. The molecule has 20 heavy (non-hydrogen) atoms. The number of primary sulfonamides is 1. The van der Waals surface area contributed by atoms with Crippen molar-refractivity contribution in [1.29, 1.82) is 0 Å². The third-order valence-electron chi connectivity index (χ3n) is 2.49. The largest absolute Gasteiger partial charge is 0.462 e. The number of ether oxygens (including phenoxy) is 2. The van der Waals surface area contributed by atoms with Crippen molar-refractivity contribution in [3.63, 3.8) is 0 Å². The maximum absolute atomic E-state index is 11.8. The molecule has 0 aliphatic rings. The number of nitrogens with two attached hydrogens (primary N) is 1. The zero-order valence-electron chi connectivity index (χ0n) is 11.2. The number of esters is 1. The SMILES string of the molecule is COCCCOC(=O)c1cc(C)c(Br)c(S(N)(=O)=O)c1. The number of carbonyl (C=O) groups is 1. The van der Waals surface area contributed by atoms with E-state index >= 15 is 0 Å². The Morgan fingerprint density at radius 1 is 1.35 bits per heavy atom. The van der Waals surface area contributed by atoms with E-state index < -0.39 is 16.0 Å². The molecule has 0 heterocycles. The molecule has 8 heteroatoms. The predicted octanol–water partition coefficient (Wildman–Crippen LogP) is 1.60. The summed E-state index contributed by atoms with van der Waals surface area (Å²) in [6.07, 6.45) is 0.569. The number of carbonyl (C=O) groups excluding carboxylic acids is 1. The highest BCUT2D eigenvalue weighted by Crippen LogP contribution is 2.26. The van der Waals surface area contributed by atoms with Gasteiger partial charge < -0.3 is 9.47 Å². The zero-order valence-corrected chi connectivity index (χ0v) is 13.6. The first-order valence-corrected chi connectivity index (χ1v) is 8.10. The molecule has 0 saturated heterocycles. The maximum atomic E-state index is 11.8. The first-order chi connectivity index (χ1) is 9.27. The third kappa shape index (κ3) is 4.55. The normalized spacial score (nSPS) is 11.4. The standard InChI is InChI=1S/C12H16BrNO5S/c1-8-6-9(12(15)19-5-3-4-18-2)7-10(11(8)13)20(14,16)17/h6-7H,3-5H2,1-2H3,(H2,14,16,17). The number of rotatable bonds is 6. The zero-order chi connectivity index (χ0) is 15.3. The van der Waals surface area contributed by atoms with Crippen LogP contribution in [0.3, 0.4) is 0 Å². The lowest BCUT2D eigenvalue weighted by atomic mass is 10.1. The van der Waals surface area contributed by atoms with Gasteiger partial charge in [-0.2, -0.15) is 0 Å². The topological polar surface area (TPSA) is 95.7 Å². The molecular weight excluding hydrogens is 350 g/mol. The van der Waals surface area contributed by atoms with E-state index in [9.17, 15) is 13.2 Å². The Kier molecular flexibility index (Phi) is 6.12. The number of halogens is 1. The Balaban J connectivity index is 2.97. The molecule has 0 saturated carbocycles. The Labute approximate surface area is 126 Å². The molecule has 0 amide bonds. The van der Waals surface area contributed by atoms with Gasteiger partial charge in [0.1, 0.15) is 0 Å². The van der Waals surface area contributed by atoms with Crippen LogP contribution in [-0.2, 0) is 19.5 Å². The minimum absolute atomic E-state index is 0.138. The van der Waals surface area contributed by atoms with Crippen molar-refractivity contribution >= 4 is 31.9 Å². The monoisotopic (exact) mass is 365 g/mol. The van der Waals surface area contributed by atoms with Gasteiger partial charge in [0.2, 0.25) is 10.0 Å². The van der Waals surface area contributed by atoms with Crippen LogP contribution in [0.15, 0.2) is 21.5 Å². The van der Waals surface area contributed by atoms with E-state index in [0.717, 1.165) is 0 Å². The van der Waals surface area contributed by atoms with Gasteiger partial charge in [0.25, 0.3) is 0 Å². The van der Waals surface area contributed by atoms with Crippen LogP contribution in [0.4, 0.5) is 0 Å². The first-order valence-electron chi connectivity index (χ1n) is 5.76. The maximum Gasteiger partial charge on any atom is 0.338 e. The van der Waals surface area contributed by atoms with Crippen LogP contribution < -0.4 is 5.14 Å². The second-order valence-corrected chi connectivity index (χ2v) is 6.46. The molecule has 112 valence electrons. The molecule has 0 aliphatic carbocycles. The average Bonchev–Trinajstić information content (AvgIpc) is 2.36. The van der Waals surface area contributed by atoms with Crippen molar-refractivity contribution in [3.05, 3.63) is 27.7 Å². The lowest BCUT2D eigenvalue weighted by Gasteiger charge is -2.09. The summed E-state index contributed by atoms with van der Waals surface area (Å²) in [5.74, 6) is -0.596. The first kappa shape index (κ1) is 17.1. The lowest BCUT2D eigenvalue weighted by Crippen LogP contribution is -2.15. The Morgan fingerprint density at radius 3 is 2.55 bits per heavy atom. The molecule has 0 aromatic heterocycles. The fourth-order valence-electron chi connectivity index (χ4n) is 1.51. The second kappa shape index (κ2) is 7.16. The van der Waals surface area contributed by atoms with Gasteiger partial charge in [-0.1, -0.05) is 0 Å². The molecule has 0 aliphatic heterocycles. The van der Waals surface area contributed by atoms with E-state index in [1.54, 1.807) is 14.0 Å². The van der Waals surface area contributed by atoms with Crippen molar-refractivity contribution in [2.75, 3.05) is 20.3 Å². The average molecular weight is 366 g/mol. The fourth-order valence-corrected chi connectivity index (χ4v) is 3.12. The van der Waals surface area contributed by atoms with Gasteiger partial charge in [-0.25, -0.2) is 18.4 Å². The van der Waals surface area contributed by atoms with E-state index in [1.807, 2.05) is 0 Å². The summed E-state index contributed by atoms with van der Waals surface area (Å²) in [4.78, 5) is 11.7. The predicted molar refractivity (Wildman–Crippen MR) is 77.0 cm³/mol. The summed E-state index contributed by atoms with van der Waals surface area (Å²) in [5.41, 5.74) is 0.729. The highest BCUT2D eigenvalue weighted by atomic mass is 79.9. The highest BCUT2D eigenvalue weighted by molar-refractivity contribution is 9.10. The van der Waals surface area contributed by atoms with E-state index in [4.69, 9.17) is 14.6 Å². The third-order valence-corrected chi connectivity index (χ3v) is 4.74. The Hall–Kier alpha value is -0.960. The molecule has 2 N–H and O–H groups in total. The summed E-state index contributed by atoms with van der Waals surface area (Å²) >= 11 is 3.14. The van der Waals surface area contributed by atoms with Crippen LogP contribution in [0.25, 0.3) is 0 Å². The molecule has 0 radical (unpaired) electrons. The van der Waals surface area contributed by atoms with Crippen LogP contribution in [-0.4, -0.2) is 34.7 Å². The molecular formula is C12H16BrNO5S. The highest BCUT2D eigenvalue weighted by Gasteiger charge is 2.19. The van der Waals surface area contributed by atoms with Crippen molar-refractivity contribution in [1.82, 2.24) is 0 Å². The lowest BCUT2D eigenvalue weighted by molar-refractivity contribution is 0.0468. The van der Waals surface area contributed by atoms with Gasteiger partial charge in [-0.3, -0.25) is 0 Å². The van der Waals surface area contributed by atoms with Crippen LogP contribution in [0.5, 0.6) is 0 Å². The minimum atomic E-state index is -3.92. The number of aryl methyl sites for hydroxylation is 1. The van der Waals surface area contributed by atoms with E-state index in [2.05, 4.69) is 15.9 Å². The van der Waals surface area contributed by atoms with Crippen LogP contribution in [0, 0.1) is 6.92 Å². The van der Waals surface area contributed by atoms with Crippen LogP contribution >= 0.6 is 15.9 Å². The number of methoxy groups -OCH3 is 1. The molecule has 1 aromatic carbocycles. The fraction of sp³-hybridized carbons (Fsp3) is 0.417. The number of benzene rings is 1. The summed E-state index contributed by atoms with van der Waals surface area (Å²) in [7, 11) is -2.36. The van der Waals surface area contributed by atoms with Crippen LogP contribution in [0.2, 0.25) is 0 Å². The minimum Gasteiger partial charge on any atom is -0.462 e. The number of hydrogen-bond donors (Lipinski definition) is 1. The number of hydrogen-bond acceptors (Lipinski definition) is 5. The van der Waals surface area contributed by atoms with E-state index in [-0.39, 0.29) is 17.1 Å². The quantitative estimate of drug-likeness (QED) is 0.609. The Morgan fingerprint density at radius 2 is 2.00 bits per heavy atom. The van der Waals surface area contributed by atoms with Crippen LogP contribution in [0.1, 0.15) is 22.3 Å². The summed E-state index contributed by atoms with van der Waals surface area (Å²) in [5, 5.41) is 5.11. The number of sulfonamides is 1. The van der Waals surface area contributed by atoms with Crippen molar-refractivity contribution in [2.24, 2.45) is 5.14 Å². The van der Waals surface area contributed by atoms with Gasteiger partial charge in [0.15, 0.2) is 0 Å². The van der Waals surface area contributed by atoms with Crippen molar-refractivity contribution in [3.8, 4) is 0 Å². The molecule has 0 fully saturated rings. The summed E-state index contributed by atoms with van der Waals surface area (Å²) < 4.78 is 33.1. The molecule has 1 aromatic rings. The molecule has 0 spiro atoms. The Bertz CT molecular complexity index is 600. The van der Waals surface area contributed by atoms with Gasteiger partial charge in [0.05, 0.1) is 17.1 Å². The van der Waals surface area contributed by atoms with E-state index in [0.29, 0.717) is 23.1 Å². The van der Waals surface area contributed by atoms with Gasteiger partial charge in [-0.05, 0) is 40.5 Å². The van der Waals surface area contributed by atoms with Crippen molar-refractivity contribution < 1.29 is 22.7 Å².